The summed E-state index contributed by atoms with van der Waals surface area (Å²) in [4.78, 5) is 15.8. The molecule has 1 saturated heterocycles. The van der Waals surface area contributed by atoms with E-state index in [1.165, 1.54) is 16.0 Å². The second kappa shape index (κ2) is 8.62. The van der Waals surface area contributed by atoms with Gasteiger partial charge in [-0.1, -0.05) is 32.4 Å². The van der Waals surface area contributed by atoms with Crippen LogP contribution in [0.25, 0.3) is 0 Å². The lowest BCUT2D eigenvalue weighted by Crippen LogP contribution is -2.29. The number of hydrogen-bond donors (Lipinski definition) is 1. The number of nitrogens with zero attached hydrogens (tertiary/aromatic N) is 3. The molecule has 28 heavy (non-hydrogen) atoms. The van der Waals surface area contributed by atoms with Gasteiger partial charge in [-0.2, -0.15) is 9.78 Å². The molecule has 1 aliphatic heterocycles. The van der Waals surface area contributed by atoms with Crippen molar-refractivity contribution in [3.8, 4) is 0 Å². The molecule has 2 unspecified atom stereocenters. The smallest absolute Gasteiger partial charge is 0.254 e. The Kier molecular flexibility index (Phi) is 6.61. The summed E-state index contributed by atoms with van der Waals surface area (Å²) < 4.78 is 24.1. The number of anilines is 1. The quantitative estimate of drug-likeness (QED) is 0.687. The number of hydrogen-bond acceptors (Lipinski definition) is 7. The van der Waals surface area contributed by atoms with E-state index in [1.807, 2.05) is 43.9 Å². The second-order valence-electron chi connectivity index (χ2n) is 7.98. The van der Waals surface area contributed by atoms with Crippen molar-refractivity contribution in [2.24, 2.45) is 5.41 Å². The average molecular weight is 444 g/mol. The highest BCUT2D eigenvalue weighted by Gasteiger charge is 2.30. The van der Waals surface area contributed by atoms with Crippen LogP contribution in [0.2, 0.25) is 4.34 Å². The third-order valence-corrected chi connectivity index (χ3v) is 6.42. The van der Waals surface area contributed by atoms with Gasteiger partial charge in [0.05, 0.1) is 22.5 Å². The van der Waals surface area contributed by atoms with E-state index in [-0.39, 0.29) is 17.7 Å². The average Bonchev–Trinajstić information content (AvgIpc) is 3.30. The molecule has 7 nitrogen and oxygen atoms in total. The first-order chi connectivity index (χ1) is 13.1. The molecule has 0 bridgehead atoms. The summed E-state index contributed by atoms with van der Waals surface area (Å²) in [5.74, 6) is 0.683. The van der Waals surface area contributed by atoms with Crippen LogP contribution in [0.15, 0.2) is 18.2 Å². The molecule has 0 amide bonds. The van der Waals surface area contributed by atoms with Gasteiger partial charge in [-0.15, -0.1) is 11.3 Å². The number of halogens is 1. The minimum atomic E-state index is -2.09. The van der Waals surface area contributed by atoms with Gasteiger partial charge in [0.25, 0.3) is 5.91 Å². The molecular weight excluding hydrogens is 420 g/mol. The minimum absolute atomic E-state index is 0.0301. The molecule has 2 atom stereocenters. The van der Waals surface area contributed by atoms with E-state index in [0.717, 1.165) is 21.3 Å². The third-order valence-electron chi connectivity index (χ3n) is 4.61. The molecule has 1 N–H and O–H groups in total. The van der Waals surface area contributed by atoms with Gasteiger partial charge in [0, 0.05) is 28.8 Å². The Bertz CT molecular complexity index is 875. The molecule has 0 radical (unpaired) electrons. The molecule has 0 aromatic carbocycles. The Labute approximate surface area is 176 Å². The Morgan fingerprint density at radius 2 is 2.21 bits per heavy atom. The molecule has 0 aliphatic carbocycles. The van der Waals surface area contributed by atoms with Crippen LogP contribution in [0.5, 0.6) is 0 Å². The van der Waals surface area contributed by atoms with Crippen molar-refractivity contribution in [2.75, 3.05) is 24.3 Å². The summed E-state index contributed by atoms with van der Waals surface area (Å²) in [6, 6.07) is 5.70. The summed E-state index contributed by atoms with van der Waals surface area (Å²) in [6.07, 6.45) is 0.817. The first kappa shape index (κ1) is 21.4. The molecule has 0 spiro atoms. The predicted octanol–water partition coefficient (Wildman–Crippen LogP) is 3.52. The zero-order chi connectivity index (χ0) is 20.5. The van der Waals surface area contributed by atoms with Gasteiger partial charge in [-0.25, -0.2) is 0 Å². The SMILES string of the molecule is CC(C)(C)C(=O)n1nc(C2CCN(CS(=O)[O-])C2)cc1NCc1ccc(Cl)s1. The van der Waals surface area contributed by atoms with Gasteiger partial charge >= 0.3 is 0 Å². The maximum absolute atomic E-state index is 12.9. The molecule has 3 rings (SSSR count). The number of carbonyl (C=O) groups is 1. The Morgan fingerprint density at radius 1 is 1.46 bits per heavy atom. The van der Waals surface area contributed by atoms with Gasteiger partial charge < -0.3 is 9.87 Å². The van der Waals surface area contributed by atoms with Crippen LogP contribution in [0.1, 0.15) is 48.5 Å². The van der Waals surface area contributed by atoms with Gasteiger partial charge in [0.1, 0.15) is 5.82 Å². The first-order valence-corrected chi connectivity index (χ1v) is 11.5. The number of rotatable bonds is 6. The molecule has 3 heterocycles. The molecule has 1 fully saturated rings. The number of nitrogens with one attached hydrogen (secondary N) is 1. The zero-order valence-corrected chi connectivity index (χ0v) is 18.5. The Hall–Kier alpha value is -1.26. The van der Waals surface area contributed by atoms with Gasteiger partial charge in [-0.3, -0.25) is 13.9 Å². The van der Waals surface area contributed by atoms with E-state index in [9.17, 15) is 13.6 Å². The Balaban J connectivity index is 1.81. The predicted molar refractivity (Wildman–Crippen MR) is 112 cm³/mol. The summed E-state index contributed by atoms with van der Waals surface area (Å²) in [6.45, 7) is 7.46. The van der Waals surface area contributed by atoms with Gasteiger partial charge in [0.15, 0.2) is 0 Å². The molecule has 0 saturated carbocycles. The maximum Gasteiger partial charge on any atom is 0.254 e. The van der Waals surface area contributed by atoms with Crippen molar-refractivity contribution < 1.29 is 13.6 Å². The van der Waals surface area contributed by atoms with E-state index in [1.54, 1.807) is 0 Å². The minimum Gasteiger partial charge on any atom is -0.771 e. The number of carbonyl (C=O) groups excluding carboxylic acids is 1. The van der Waals surface area contributed by atoms with E-state index >= 15 is 0 Å². The van der Waals surface area contributed by atoms with Crippen molar-refractivity contribution in [1.82, 2.24) is 14.7 Å². The monoisotopic (exact) mass is 443 g/mol. The van der Waals surface area contributed by atoms with E-state index in [4.69, 9.17) is 11.6 Å². The normalized spacial score (nSPS) is 19.1. The number of thiophene rings is 1. The van der Waals surface area contributed by atoms with Crippen LogP contribution >= 0.6 is 22.9 Å². The lowest BCUT2D eigenvalue weighted by Gasteiger charge is -2.18. The highest BCUT2D eigenvalue weighted by atomic mass is 35.5. The Morgan fingerprint density at radius 3 is 2.82 bits per heavy atom. The van der Waals surface area contributed by atoms with Crippen molar-refractivity contribution in [3.63, 3.8) is 0 Å². The lowest BCUT2D eigenvalue weighted by atomic mass is 9.96. The summed E-state index contributed by atoms with van der Waals surface area (Å²) in [5.41, 5.74) is 0.233. The molecular formula is C18H24ClN4O3S2-. The van der Waals surface area contributed by atoms with E-state index in [0.29, 0.717) is 25.5 Å². The summed E-state index contributed by atoms with van der Waals surface area (Å²) >= 11 is 5.39. The van der Waals surface area contributed by atoms with E-state index in [2.05, 4.69) is 10.4 Å². The van der Waals surface area contributed by atoms with Gasteiger partial charge in [0.2, 0.25) is 0 Å². The molecule has 154 valence electrons. The third kappa shape index (κ3) is 5.21. The highest BCUT2D eigenvalue weighted by molar-refractivity contribution is 7.79. The van der Waals surface area contributed by atoms with E-state index < -0.39 is 16.5 Å². The fourth-order valence-electron chi connectivity index (χ4n) is 3.16. The highest BCUT2D eigenvalue weighted by Crippen LogP contribution is 2.30. The van der Waals surface area contributed by atoms with Crippen LogP contribution in [0, 0.1) is 5.41 Å². The van der Waals surface area contributed by atoms with Gasteiger partial charge in [-0.05, 0) is 36.2 Å². The molecule has 1 aliphatic rings. The summed E-state index contributed by atoms with van der Waals surface area (Å²) in [5, 5.41) is 7.89. The standard InChI is InChI=1S/C18H25ClN4O3S2/c1-18(2,3)17(24)23-16(20-9-13-4-5-15(19)27-13)8-14(21-23)12-6-7-22(10-12)11-28(25)26/h4-5,8,12,20H,6-7,9-11H2,1-3H3,(H,25,26)/p-1. The van der Waals surface area contributed by atoms with Crippen LogP contribution in [-0.4, -0.2) is 48.3 Å². The topological polar surface area (TPSA) is 90.3 Å². The van der Waals surface area contributed by atoms with Crippen LogP contribution < -0.4 is 5.32 Å². The maximum atomic E-state index is 12.9. The number of aromatic nitrogens is 2. The largest absolute Gasteiger partial charge is 0.771 e. The van der Waals surface area contributed by atoms with Crippen molar-refractivity contribution in [3.05, 3.63) is 33.1 Å². The molecule has 2 aromatic rings. The lowest BCUT2D eigenvalue weighted by molar-refractivity contribution is 0.0751. The summed E-state index contributed by atoms with van der Waals surface area (Å²) in [7, 11) is 0. The number of likely N-dealkylation sites (tertiary alicyclic amines) is 1. The second-order valence-corrected chi connectivity index (χ2v) is 10.6. The van der Waals surface area contributed by atoms with Crippen molar-refractivity contribution in [1.29, 1.82) is 0 Å². The molecule has 10 heteroatoms. The van der Waals surface area contributed by atoms with Crippen LogP contribution in [-0.2, 0) is 17.6 Å². The van der Waals surface area contributed by atoms with Crippen LogP contribution in [0.3, 0.4) is 0 Å². The fourth-order valence-corrected chi connectivity index (χ4v) is 4.72. The van der Waals surface area contributed by atoms with Crippen LogP contribution in [0.4, 0.5) is 5.82 Å². The zero-order valence-electron chi connectivity index (χ0n) is 16.1. The van der Waals surface area contributed by atoms with Crippen molar-refractivity contribution >= 4 is 45.7 Å². The fraction of sp³-hybridized carbons (Fsp3) is 0.556. The molecule has 2 aromatic heterocycles. The first-order valence-electron chi connectivity index (χ1n) is 9.04. The van der Waals surface area contributed by atoms with Crippen molar-refractivity contribution in [2.45, 2.75) is 39.7 Å².